The van der Waals surface area contributed by atoms with Crippen molar-refractivity contribution in [1.82, 2.24) is 21.3 Å². The summed E-state index contributed by atoms with van der Waals surface area (Å²) in [5, 5.41) is 23.3. The fourth-order valence-corrected chi connectivity index (χ4v) is 7.39. The third kappa shape index (κ3) is 10.8. The van der Waals surface area contributed by atoms with Gasteiger partial charge < -0.3 is 31.1 Å². The fourth-order valence-electron chi connectivity index (χ4n) is 7.39. The molecule has 60 heavy (non-hydrogen) atoms. The normalized spacial score (nSPS) is 19.1. The first-order valence-electron chi connectivity index (χ1n) is 20.0. The Balaban J connectivity index is 1.24. The Morgan fingerprint density at radius 1 is 0.567 bits per heavy atom. The number of aliphatic carboxylic acids is 1. The number of fused-ring (bicyclic) bond motifs is 17. The van der Waals surface area contributed by atoms with Crippen LogP contribution < -0.4 is 26.0 Å². The summed E-state index contributed by atoms with van der Waals surface area (Å²) in [6.07, 6.45) is 0.645. The zero-order valence-corrected chi connectivity index (χ0v) is 32.9. The Morgan fingerprint density at radius 2 is 1.17 bits per heavy atom. The number of aryl methyl sites for hydroxylation is 1. The van der Waals surface area contributed by atoms with Crippen LogP contribution in [0.25, 0.3) is 21.9 Å². The lowest BCUT2D eigenvalue weighted by atomic mass is 9.97. The molecule has 0 fully saturated rings. The van der Waals surface area contributed by atoms with Crippen molar-refractivity contribution >= 4 is 40.4 Å². The zero-order chi connectivity index (χ0) is 41.8. The van der Waals surface area contributed by atoms with E-state index in [0.717, 1.165) is 38.6 Å². The lowest BCUT2D eigenvalue weighted by Gasteiger charge is -2.26. The van der Waals surface area contributed by atoms with Crippen LogP contribution in [-0.4, -0.2) is 65.5 Å². The van der Waals surface area contributed by atoms with Crippen LogP contribution in [0.4, 0.5) is 0 Å². The molecule has 0 spiro atoms. The average molecular weight is 803 g/mol. The Hall–Kier alpha value is -7.27. The van der Waals surface area contributed by atoms with E-state index in [1.807, 2.05) is 127 Å². The van der Waals surface area contributed by atoms with Gasteiger partial charge in [-0.25, -0.2) is 4.79 Å². The quantitative estimate of drug-likeness (QED) is 0.119. The van der Waals surface area contributed by atoms with Crippen LogP contribution in [-0.2, 0) is 49.7 Å². The Kier molecular flexibility index (Phi) is 13.3. The van der Waals surface area contributed by atoms with Crippen LogP contribution in [0.15, 0.2) is 152 Å². The molecule has 4 amide bonds. The average Bonchev–Trinajstić information content (AvgIpc) is 3.27. The molecule has 4 atom stereocenters. The van der Waals surface area contributed by atoms with Crippen LogP contribution in [0.1, 0.15) is 28.7 Å². The molecule has 0 saturated carbocycles. The number of carboxylic acids is 1. The van der Waals surface area contributed by atoms with Gasteiger partial charge in [-0.3, -0.25) is 19.2 Å². The molecule has 8 rings (SSSR count). The summed E-state index contributed by atoms with van der Waals surface area (Å²) in [6.45, 7) is -0.409. The largest absolute Gasteiger partial charge is 0.484 e. The monoisotopic (exact) mass is 802 g/mol. The molecule has 0 aromatic heterocycles. The molecular weight excluding hydrogens is 757 g/mol. The molecule has 6 aromatic rings. The predicted octanol–water partition coefficient (Wildman–Crippen LogP) is 5.58. The van der Waals surface area contributed by atoms with E-state index < -0.39 is 60.4 Å². The van der Waals surface area contributed by atoms with Gasteiger partial charge in [0.25, 0.3) is 5.91 Å². The van der Waals surface area contributed by atoms with Gasteiger partial charge in [-0.2, -0.15) is 0 Å². The van der Waals surface area contributed by atoms with Crippen molar-refractivity contribution in [3.8, 4) is 16.9 Å². The topological polar surface area (TPSA) is 163 Å². The maximum atomic E-state index is 14.5. The molecule has 11 heteroatoms. The van der Waals surface area contributed by atoms with E-state index in [2.05, 4.69) is 21.3 Å². The van der Waals surface area contributed by atoms with Crippen molar-refractivity contribution in [2.24, 2.45) is 0 Å². The molecule has 2 aliphatic heterocycles. The summed E-state index contributed by atoms with van der Waals surface area (Å²) in [7, 11) is 0. The second-order valence-corrected chi connectivity index (χ2v) is 14.9. The van der Waals surface area contributed by atoms with Crippen LogP contribution in [0.2, 0.25) is 0 Å². The molecule has 6 aromatic carbocycles. The standard InChI is InChI=1S/C49H46N4O7/c54-45-31-60-39-25-20-34(21-26-39)29-44(49(58)59)53-46(55)41(27-22-32-10-3-1-4-11-32)51-47(56)42(28-33-18-23-36(24-19-33)35-12-5-2-6-13-35)52-48(57)43(50-45)30-38-16-9-15-37-14-7-8-17-40(37)38/h1-21,23-26,41-44H,22,27-31H2,(H,50,54)(H,51,56)(H,52,57)(H,53,55)(H,58,59)/t41-,42+,43-,44-/m0/s1. The van der Waals surface area contributed by atoms with Crippen molar-refractivity contribution in [1.29, 1.82) is 0 Å². The molecular formula is C49H46N4O7. The minimum atomic E-state index is -1.32. The van der Waals surface area contributed by atoms with Crippen molar-refractivity contribution < 1.29 is 33.8 Å². The highest BCUT2D eigenvalue weighted by atomic mass is 16.5. The highest BCUT2D eigenvalue weighted by Gasteiger charge is 2.32. The number of rotatable bonds is 9. The second kappa shape index (κ2) is 19.5. The molecule has 0 aliphatic carbocycles. The minimum Gasteiger partial charge on any atom is -0.484 e. The number of hydrogen-bond acceptors (Lipinski definition) is 6. The van der Waals surface area contributed by atoms with Crippen molar-refractivity contribution in [3.05, 3.63) is 174 Å². The first-order valence-corrected chi connectivity index (χ1v) is 20.0. The first kappa shape index (κ1) is 40.9. The van der Waals surface area contributed by atoms with Gasteiger partial charge in [-0.1, -0.05) is 140 Å². The summed E-state index contributed by atoms with van der Waals surface area (Å²) in [5.74, 6) is -3.40. The Morgan fingerprint density at radius 3 is 1.88 bits per heavy atom. The van der Waals surface area contributed by atoms with E-state index in [4.69, 9.17) is 4.74 Å². The number of ether oxygens (including phenoxy) is 1. The number of carboxylic acid groups (broad SMARTS) is 1. The molecule has 2 bridgehead atoms. The summed E-state index contributed by atoms with van der Waals surface area (Å²) in [4.78, 5) is 69.1. The zero-order valence-electron chi connectivity index (χ0n) is 32.9. The maximum absolute atomic E-state index is 14.5. The van der Waals surface area contributed by atoms with Gasteiger partial charge in [0, 0.05) is 19.3 Å². The van der Waals surface area contributed by atoms with Gasteiger partial charge >= 0.3 is 5.97 Å². The third-order valence-electron chi connectivity index (χ3n) is 10.6. The van der Waals surface area contributed by atoms with Crippen LogP contribution in [0.5, 0.6) is 5.75 Å². The van der Waals surface area contributed by atoms with E-state index >= 15 is 0 Å². The predicted molar refractivity (Wildman–Crippen MR) is 229 cm³/mol. The van der Waals surface area contributed by atoms with Gasteiger partial charge in [0.2, 0.25) is 17.7 Å². The third-order valence-corrected chi connectivity index (χ3v) is 10.6. The Labute approximate surface area is 348 Å². The van der Waals surface area contributed by atoms with Crippen molar-refractivity contribution in [2.45, 2.75) is 56.3 Å². The van der Waals surface area contributed by atoms with Gasteiger partial charge in [-0.15, -0.1) is 0 Å². The number of nitrogens with one attached hydrogen (secondary N) is 4. The van der Waals surface area contributed by atoms with E-state index in [0.29, 0.717) is 17.7 Å². The Bertz CT molecular complexity index is 2440. The van der Waals surface area contributed by atoms with Gasteiger partial charge in [0.05, 0.1) is 0 Å². The molecule has 11 nitrogen and oxygen atoms in total. The summed E-state index contributed by atoms with van der Waals surface area (Å²) in [5.41, 5.74) is 5.05. The molecule has 0 radical (unpaired) electrons. The second-order valence-electron chi connectivity index (χ2n) is 14.9. The number of carbonyl (C=O) groups is 5. The lowest BCUT2D eigenvalue weighted by molar-refractivity contribution is -0.142. The van der Waals surface area contributed by atoms with Gasteiger partial charge in [0.1, 0.15) is 29.9 Å². The number of carbonyl (C=O) groups excluding carboxylic acids is 4. The summed E-state index contributed by atoms with van der Waals surface area (Å²) in [6, 6.07) is 42.1. The fraction of sp³-hybridized carbons (Fsp3) is 0.204. The van der Waals surface area contributed by atoms with E-state index in [1.54, 1.807) is 24.3 Å². The first-order chi connectivity index (χ1) is 29.2. The highest BCUT2D eigenvalue weighted by molar-refractivity contribution is 5.96. The maximum Gasteiger partial charge on any atom is 0.326 e. The molecule has 5 N–H and O–H groups in total. The van der Waals surface area contributed by atoms with Crippen LogP contribution in [0, 0.1) is 0 Å². The molecule has 2 aliphatic rings. The summed E-state index contributed by atoms with van der Waals surface area (Å²) >= 11 is 0. The number of hydrogen-bond donors (Lipinski definition) is 5. The van der Waals surface area contributed by atoms with Crippen LogP contribution in [0.3, 0.4) is 0 Å². The van der Waals surface area contributed by atoms with E-state index in [1.165, 1.54) is 0 Å². The SMILES string of the molecule is O=C1COc2ccc(cc2)C[C@@H](C(=O)O)NC(=O)[C@H](CCc2ccccc2)NC(=O)[C@@H](Cc2ccc(-c3ccccc3)cc2)NC(=O)[C@H](Cc2cccc3ccccc23)N1. The molecule has 0 saturated heterocycles. The number of amides is 4. The minimum absolute atomic E-state index is 0.0451. The van der Waals surface area contributed by atoms with Gasteiger partial charge in [-0.05, 0) is 69.1 Å². The van der Waals surface area contributed by atoms with E-state index in [9.17, 15) is 29.1 Å². The molecule has 2 heterocycles. The van der Waals surface area contributed by atoms with Gasteiger partial charge in [0.15, 0.2) is 6.61 Å². The number of benzene rings is 6. The molecule has 0 unspecified atom stereocenters. The highest BCUT2D eigenvalue weighted by Crippen LogP contribution is 2.22. The van der Waals surface area contributed by atoms with Crippen molar-refractivity contribution in [3.63, 3.8) is 0 Å². The van der Waals surface area contributed by atoms with Crippen molar-refractivity contribution in [2.75, 3.05) is 6.61 Å². The van der Waals surface area contributed by atoms with E-state index in [-0.39, 0.29) is 25.7 Å². The summed E-state index contributed by atoms with van der Waals surface area (Å²) < 4.78 is 5.77. The van der Waals surface area contributed by atoms with Crippen LogP contribution >= 0.6 is 0 Å². The smallest absolute Gasteiger partial charge is 0.326 e. The molecule has 304 valence electrons. The lowest BCUT2D eigenvalue weighted by Crippen LogP contribution is -2.59.